The third-order valence-electron chi connectivity index (χ3n) is 4.51. The molecular formula is C19H17FN4O2. The summed E-state index contributed by atoms with van der Waals surface area (Å²) in [5.74, 6) is 0.318. The standard InChI is InChI=1S/C19H17FN4O2/c20-16-9-8-14(11-21-16)19(25)24-10-4-7-15(12-24)18-22-17(23-26-18)13-5-2-1-3-6-13/h1-3,5-6,8-9,11,15H,4,7,10,12H2/t15-/m0/s1. The van der Waals surface area contributed by atoms with Crippen LogP contribution in [0, 0.1) is 5.95 Å². The SMILES string of the molecule is O=C(c1ccc(F)nc1)N1CCC[C@H](c2nc(-c3ccccc3)no2)C1. The fourth-order valence-electron chi connectivity index (χ4n) is 3.15. The Labute approximate surface area is 149 Å². The maximum absolute atomic E-state index is 13.0. The molecule has 0 N–H and O–H groups in total. The van der Waals surface area contributed by atoms with Gasteiger partial charge in [-0.15, -0.1) is 0 Å². The van der Waals surface area contributed by atoms with Crippen LogP contribution >= 0.6 is 0 Å². The van der Waals surface area contributed by atoms with Crippen LogP contribution in [0.5, 0.6) is 0 Å². The summed E-state index contributed by atoms with van der Waals surface area (Å²) >= 11 is 0. The number of halogens is 1. The Hall–Kier alpha value is -3.09. The lowest BCUT2D eigenvalue weighted by molar-refractivity contribution is 0.0695. The number of pyridine rings is 1. The third-order valence-corrected chi connectivity index (χ3v) is 4.51. The average Bonchev–Trinajstić information content (AvgIpc) is 3.19. The van der Waals surface area contributed by atoms with E-state index in [0.717, 1.165) is 18.4 Å². The fraction of sp³-hybridized carbons (Fsp3) is 0.263. The van der Waals surface area contributed by atoms with Crippen molar-refractivity contribution in [3.63, 3.8) is 0 Å². The van der Waals surface area contributed by atoms with Gasteiger partial charge in [-0.3, -0.25) is 4.79 Å². The van der Waals surface area contributed by atoms with Gasteiger partial charge in [0.1, 0.15) is 0 Å². The van der Waals surface area contributed by atoms with Crippen molar-refractivity contribution in [3.8, 4) is 11.4 Å². The van der Waals surface area contributed by atoms with E-state index in [4.69, 9.17) is 4.52 Å². The number of carbonyl (C=O) groups is 1. The average molecular weight is 352 g/mol. The van der Waals surface area contributed by atoms with Gasteiger partial charge in [0.2, 0.25) is 17.7 Å². The van der Waals surface area contributed by atoms with Gasteiger partial charge in [-0.25, -0.2) is 4.98 Å². The van der Waals surface area contributed by atoms with Crippen LogP contribution in [-0.2, 0) is 0 Å². The molecule has 0 bridgehead atoms. The zero-order valence-electron chi connectivity index (χ0n) is 14.0. The largest absolute Gasteiger partial charge is 0.339 e. The van der Waals surface area contributed by atoms with E-state index in [0.29, 0.717) is 30.4 Å². The van der Waals surface area contributed by atoms with Crippen LogP contribution in [0.1, 0.15) is 35.0 Å². The molecule has 0 aliphatic carbocycles. The summed E-state index contributed by atoms with van der Waals surface area (Å²) in [5.41, 5.74) is 1.27. The van der Waals surface area contributed by atoms with Gasteiger partial charge < -0.3 is 9.42 Å². The van der Waals surface area contributed by atoms with Crippen molar-refractivity contribution in [2.24, 2.45) is 0 Å². The molecule has 7 heteroatoms. The molecule has 0 spiro atoms. The first kappa shape index (κ1) is 16.4. The van der Waals surface area contributed by atoms with Gasteiger partial charge in [-0.05, 0) is 25.0 Å². The summed E-state index contributed by atoms with van der Waals surface area (Å²) in [6.45, 7) is 1.14. The molecule has 26 heavy (non-hydrogen) atoms. The number of nitrogens with zero attached hydrogens (tertiary/aromatic N) is 4. The summed E-state index contributed by atoms with van der Waals surface area (Å²) < 4.78 is 18.4. The molecule has 1 atom stereocenters. The van der Waals surface area contributed by atoms with Gasteiger partial charge >= 0.3 is 0 Å². The van der Waals surface area contributed by atoms with E-state index < -0.39 is 5.95 Å². The van der Waals surface area contributed by atoms with Crippen LogP contribution < -0.4 is 0 Å². The highest BCUT2D eigenvalue weighted by Crippen LogP contribution is 2.28. The predicted octanol–water partition coefficient (Wildman–Crippen LogP) is 3.29. The van der Waals surface area contributed by atoms with Gasteiger partial charge in [0.15, 0.2) is 0 Å². The maximum Gasteiger partial charge on any atom is 0.255 e. The predicted molar refractivity (Wildman–Crippen MR) is 91.8 cm³/mol. The van der Waals surface area contributed by atoms with Crippen molar-refractivity contribution in [2.45, 2.75) is 18.8 Å². The first-order valence-electron chi connectivity index (χ1n) is 8.50. The summed E-state index contributed by atoms with van der Waals surface area (Å²) in [7, 11) is 0. The number of hydrogen-bond acceptors (Lipinski definition) is 5. The molecule has 1 aliphatic rings. The summed E-state index contributed by atoms with van der Waals surface area (Å²) in [6, 6.07) is 12.3. The van der Waals surface area contributed by atoms with Gasteiger partial charge in [0, 0.05) is 24.8 Å². The molecule has 132 valence electrons. The second-order valence-corrected chi connectivity index (χ2v) is 6.28. The molecule has 0 radical (unpaired) electrons. The highest BCUT2D eigenvalue weighted by molar-refractivity contribution is 5.94. The molecule has 1 fully saturated rings. The molecule has 3 heterocycles. The second-order valence-electron chi connectivity index (χ2n) is 6.28. The number of amides is 1. The minimum atomic E-state index is -0.600. The molecule has 2 aromatic heterocycles. The van der Waals surface area contributed by atoms with Gasteiger partial charge in [-0.1, -0.05) is 35.5 Å². The quantitative estimate of drug-likeness (QED) is 0.677. The Morgan fingerprint density at radius 2 is 2.04 bits per heavy atom. The highest BCUT2D eigenvalue weighted by atomic mass is 19.1. The monoisotopic (exact) mass is 352 g/mol. The van der Waals surface area contributed by atoms with E-state index in [1.165, 1.54) is 18.3 Å². The normalized spacial score (nSPS) is 17.3. The number of carbonyl (C=O) groups excluding carboxylic acids is 1. The van der Waals surface area contributed by atoms with E-state index in [9.17, 15) is 9.18 Å². The number of likely N-dealkylation sites (tertiary alicyclic amines) is 1. The molecule has 0 unspecified atom stereocenters. The van der Waals surface area contributed by atoms with E-state index in [-0.39, 0.29) is 11.8 Å². The van der Waals surface area contributed by atoms with E-state index in [1.807, 2.05) is 30.3 Å². The van der Waals surface area contributed by atoms with E-state index in [1.54, 1.807) is 4.90 Å². The van der Waals surface area contributed by atoms with Crippen LogP contribution in [0.15, 0.2) is 53.2 Å². The minimum absolute atomic E-state index is 0.00827. The Balaban J connectivity index is 1.49. The first-order chi connectivity index (χ1) is 12.7. The van der Waals surface area contributed by atoms with Crippen LogP contribution in [0.25, 0.3) is 11.4 Å². The van der Waals surface area contributed by atoms with Crippen LogP contribution in [-0.4, -0.2) is 39.0 Å². The van der Waals surface area contributed by atoms with Crippen molar-refractivity contribution in [2.75, 3.05) is 13.1 Å². The maximum atomic E-state index is 13.0. The topological polar surface area (TPSA) is 72.1 Å². The van der Waals surface area contributed by atoms with Crippen LogP contribution in [0.4, 0.5) is 4.39 Å². The van der Waals surface area contributed by atoms with Crippen molar-refractivity contribution in [1.29, 1.82) is 0 Å². The smallest absolute Gasteiger partial charge is 0.255 e. The lowest BCUT2D eigenvalue weighted by atomic mass is 9.97. The summed E-state index contributed by atoms with van der Waals surface area (Å²) in [6.07, 6.45) is 2.98. The minimum Gasteiger partial charge on any atom is -0.339 e. The number of hydrogen-bond donors (Lipinski definition) is 0. The molecule has 4 rings (SSSR count). The molecular weight excluding hydrogens is 335 g/mol. The van der Waals surface area contributed by atoms with Gasteiger partial charge in [0.05, 0.1) is 11.5 Å². The lowest BCUT2D eigenvalue weighted by Crippen LogP contribution is -2.39. The Kier molecular flexibility index (Phi) is 4.43. The third kappa shape index (κ3) is 3.33. The van der Waals surface area contributed by atoms with Crippen molar-refractivity contribution in [3.05, 3.63) is 66.1 Å². The molecule has 1 aliphatic heterocycles. The molecule has 1 amide bonds. The number of piperidine rings is 1. The van der Waals surface area contributed by atoms with Crippen molar-refractivity contribution < 1.29 is 13.7 Å². The zero-order chi connectivity index (χ0) is 17.9. The van der Waals surface area contributed by atoms with Crippen molar-refractivity contribution in [1.82, 2.24) is 20.0 Å². The molecule has 6 nitrogen and oxygen atoms in total. The molecule has 1 aromatic carbocycles. The Morgan fingerprint density at radius 1 is 1.19 bits per heavy atom. The second kappa shape index (κ2) is 7.03. The summed E-state index contributed by atoms with van der Waals surface area (Å²) in [5, 5.41) is 4.06. The molecule has 1 saturated heterocycles. The highest BCUT2D eigenvalue weighted by Gasteiger charge is 2.29. The fourth-order valence-corrected chi connectivity index (χ4v) is 3.15. The Morgan fingerprint density at radius 3 is 2.81 bits per heavy atom. The van der Waals surface area contributed by atoms with Crippen LogP contribution in [0.2, 0.25) is 0 Å². The number of rotatable bonds is 3. The zero-order valence-corrected chi connectivity index (χ0v) is 14.0. The first-order valence-corrected chi connectivity index (χ1v) is 8.50. The van der Waals surface area contributed by atoms with Gasteiger partial charge in [-0.2, -0.15) is 9.37 Å². The number of aromatic nitrogens is 3. The van der Waals surface area contributed by atoms with Crippen LogP contribution in [0.3, 0.4) is 0 Å². The van der Waals surface area contributed by atoms with Crippen molar-refractivity contribution >= 4 is 5.91 Å². The molecule has 0 saturated carbocycles. The van der Waals surface area contributed by atoms with E-state index in [2.05, 4.69) is 15.1 Å². The van der Waals surface area contributed by atoms with Gasteiger partial charge in [0.25, 0.3) is 5.91 Å². The number of benzene rings is 1. The lowest BCUT2D eigenvalue weighted by Gasteiger charge is -2.31. The Bertz CT molecular complexity index is 895. The molecule has 3 aromatic rings. The summed E-state index contributed by atoms with van der Waals surface area (Å²) in [4.78, 5) is 22.4. The van der Waals surface area contributed by atoms with E-state index >= 15 is 0 Å².